The van der Waals surface area contributed by atoms with E-state index in [9.17, 15) is 49.8 Å². The second-order valence-corrected chi connectivity index (χ2v) is 30.5. The van der Waals surface area contributed by atoms with Crippen LogP contribution in [-0.4, -0.2) is 207 Å². The Labute approximate surface area is 569 Å². The molecule has 3 saturated heterocycles. The molecule has 36 atom stereocenters. The number of methoxy groups -OCH3 is 3. The molecular formula is C74H107N3O20. The van der Waals surface area contributed by atoms with Crippen LogP contribution in [0.15, 0.2) is 89.7 Å². The molecule has 1 aromatic heterocycles. The summed E-state index contributed by atoms with van der Waals surface area (Å²) in [5.41, 5.74) is 13.7. The molecule has 11 N–H and O–H groups in total. The first-order chi connectivity index (χ1) is 45.9. The number of cyclic esters (lactones) is 3. The lowest BCUT2D eigenvalue weighted by molar-refractivity contribution is -0.172. The van der Waals surface area contributed by atoms with Gasteiger partial charge < -0.3 is 94.5 Å². The number of carbonyl (C=O) groups is 4. The summed E-state index contributed by atoms with van der Waals surface area (Å²) in [6.45, 7) is 22.4. The van der Waals surface area contributed by atoms with Crippen molar-refractivity contribution in [3.05, 3.63) is 95.4 Å². The van der Waals surface area contributed by atoms with Crippen LogP contribution in [0.25, 0.3) is 0 Å². The van der Waals surface area contributed by atoms with Crippen molar-refractivity contribution in [2.24, 2.45) is 100 Å². The number of ether oxygens (including phenoxy) is 10. The van der Waals surface area contributed by atoms with E-state index < -0.39 is 126 Å². The van der Waals surface area contributed by atoms with E-state index in [0.717, 1.165) is 16.7 Å². The number of aromatic nitrogens is 1. The lowest BCUT2D eigenvalue weighted by atomic mass is 9.57. The molecule has 23 nitrogen and oxygen atoms in total. The molecule has 6 aliphatic heterocycles. The molecule has 13 rings (SSSR count). The fraction of sp³-hybridized carbons (Fsp3) is 0.730. The van der Waals surface area contributed by atoms with Gasteiger partial charge in [-0.1, -0.05) is 96.2 Å². The van der Waals surface area contributed by atoms with Crippen LogP contribution in [0.3, 0.4) is 0 Å². The Morgan fingerprint density at radius 1 is 0.526 bits per heavy atom. The van der Waals surface area contributed by atoms with Gasteiger partial charge in [0.15, 0.2) is 18.3 Å². The highest BCUT2D eigenvalue weighted by Crippen LogP contribution is 2.64. The fourth-order valence-corrected chi connectivity index (χ4v) is 20.0. The normalized spacial score (nSPS) is 50.3. The maximum absolute atomic E-state index is 13.1. The molecule has 1 aromatic rings. The average Bonchev–Trinajstić information content (AvgIpc) is 1.56. The van der Waals surface area contributed by atoms with Gasteiger partial charge in [0, 0.05) is 128 Å². The van der Waals surface area contributed by atoms with Crippen molar-refractivity contribution in [1.29, 1.82) is 0 Å². The predicted molar refractivity (Wildman–Crippen MR) is 353 cm³/mol. The van der Waals surface area contributed by atoms with Gasteiger partial charge in [-0.05, 0) is 89.7 Å². The Bertz CT molecular complexity index is 3110. The maximum atomic E-state index is 13.1. The molecule has 0 amide bonds. The zero-order chi connectivity index (χ0) is 70.6. The number of aliphatic hydroxyl groups excluding tert-OH is 6. The van der Waals surface area contributed by atoms with Crippen LogP contribution in [0.2, 0.25) is 0 Å². The van der Waals surface area contributed by atoms with Crippen LogP contribution in [0.1, 0.15) is 113 Å². The van der Waals surface area contributed by atoms with Gasteiger partial charge in [0.1, 0.15) is 53.0 Å². The smallest absolute Gasteiger partial charge is 0.355 e. The highest BCUT2D eigenvalue weighted by molar-refractivity contribution is 5.87. The third-order valence-corrected chi connectivity index (χ3v) is 25.0. The van der Waals surface area contributed by atoms with Gasteiger partial charge in [-0.15, -0.1) is 0 Å². The van der Waals surface area contributed by atoms with E-state index in [4.69, 9.17) is 58.8 Å². The highest BCUT2D eigenvalue weighted by atomic mass is 16.6. The summed E-state index contributed by atoms with van der Waals surface area (Å²) < 4.78 is 60.1. The zero-order valence-electron chi connectivity index (χ0n) is 58.7. The molecule has 12 bridgehead atoms. The lowest BCUT2D eigenvalue weighted by Crippen LogP contribution is -2.58. The number of esters is 4. The Balaban J connectivity index is 0.000000149. The van der Waals surface area contributed by atoms with E-state index in [1.807, 2.05) is 92.7 Å². The molecular weight excluding hydrogens is 1250 g/mol. The van der Waals surface area contributed by atoms with Crippen LogP contribution < -0.4 is 11.5 Å². The number of hydrogen-bond donors (Lipinski definition) is 9. The van der Waals surface area contributed by atoms with Crippen molar-refractivity contribution < 1.29 is 97.2 Å². The molecule has 3 saturated carbocycles. The number of aliphatic hydroxyl groups is 6. The lowest BCUT2D eigenvalue weighted by Gasteiger charge is -2.48. The van der Waals surface area contributed by atoms with Crippen LogP contribution >= 0.6 is 0 Å². The second-order valence-electron chi connectivity index (χ2n) is 30.5. The molecule has 6 aliphatic carbocycles. The van der Waals surface area contributed by atoms with E-state index in [1.54, 1.807) is 39.1 Å². The topological polar surface area (TPSA) is 350 Å². The summed E-state index contributed by atoms with van der Waals surface area (Å²) >= 11 is 0. The van der Waals surface area contributed by atoms with Gasteiger partial charge in [0.25, 0.3) is 0 Å². The SMILES string of the molecule is CO[C@H]1C[C@H]2C=C[C@H]3[C@H]4O[C@]2(/C(C)=C/[C@@H](C)[C@@H]([C@@H](C)O)OC1=O)[C@@H]3[C@H](O)[C@@H](C)[C@@H]4N.CO[C@H]1C[C@H]2C=C[C@H]3[C@H]4O[C@]2(/C(C)=C/[C@@H](C)[C@@H]([C@@H](C)O)OC1=O)[C@@H]3[C@H](O)[C@@H](C)[C@@H]4N.CO[C@H]1C[C@H]2C=C[C@H]3[C@H]4O[C@]2(/C(C)=C/[C@@H](C)[C@@H]([C@@H](C)O)OC1=O)[C@@H]3[C@H](O)[C@@H](C)[C@H]4OC(=O)c1ccc[nH]1. The zero-order valence-corrected chi connectivity index (χ0v) is 58.7. The van der Waals surface area contributed by atoms with Crippen molar-refractivity contribution in [2.75, 3.05) is 21.3 Å². The Morgan fingerprint density at radius 3 is 1.15 bits per heavy atom. The maximum Gasteiger partial charge on any atom is 0.355 e. The van der Waals surface area contributed by atoms with Crippen molar-refractivity contribution in [3.63, 3.8) is 0 Å². The summed E-state index contributed by atoms with van der Waals surface area (Å²) in [6, 6.07) is 2.84. The molecule has 0 radical (unpaired) electrons. The van der Waals surface area contributed by atoms with E-state index in [0.29, 0.717) is 18.5 Å². The van der Waals surface area contributed by atoms with E-state index in [2.05, 4.69) is 29.3 Å². The molecule has 7 heterocycles. The van der Waals surface area contributed by atoms with E-state index >= 15 is 0 Å². The number of nitrogens with two attached hydrogens (primary N) is 2. The largest absolute Gasteiger partial charge is 0.457 e. The van der Waals surface area contributed by atoms with Crippen LogP contribution in [-0.2, 0) is 61.8 Å². The first-order valence-electron chi connectivity index (χ1n) is 35.1. The molecule has 97 heavy (non-hydrogen) atoms. The molecule has 0 aromatic carbocycles. The third kappa shape index (κ3) is 12.1. The van der Waals surface area contributed by atoms with Gasteiger partial charge >= 0.3 is 23.9 Å². The van der Waals surface area contributed by atoms with Crippen molar-refractivity contribution in [3.8, 4) is 0 Å². The minimum absolute atomic E-state index is 0.0320. The van der Waals surface area contributed by atoms with Gasteiger partial charge in [0.05, 0.1) is 48.8 Å². The Hall–Kier alpha value is -4.96. The van der Waals surface area contributed by atoms with E-state index in [1.165, 1.54) is 21.3 Å². The van der Waals surface area contributed by atoms with Gasteiger partial charge in [-0.2, -0.15) is 0 Å². The predicted octanol–water partition coefficient (Wildman–Crippen LogP) is 4.75. The van der Waals surface area contributed by atoms with Crippen LogP contribution in [0.5, 0.6) is 0 Å². The van der Waals surface area contributed by atoms with Gasteiger partial charge in [-0.25, -0.2) is 19.2 Å². The summed E-state index contributed by atoms with van der Waals surface area (Å²) in [4.78, 5) is 54.5. The number of nitrogens with one attached hydrogen (secondary N) is 1. The number of hydrogen-bond acceptors (Lipinski definition) is 22. The molecule has 538 valence electrons. The highest BCUT2D eigenvalue weighted by Gasteiger charge is 2.71. The molecule has 12 aliphatic rings. The quantitative estimate of drug-likeness (QED) is 0.0963. The first-order valence-corrected chi connectivity index (χ1v) is 35.1. The minimum Gasteiger partial charge on any atom is -0.457 e. The summed E-state index contributed by atoms with van der Waals surface area (Å²) in [7, 11) is 4.44. The standard InChI is InChI=1S/C28H37NO8.2C23H35NO6/c1-13-11-14(2)28-17(12-20(34-5)27(33)35-23(13)16(4)30)8-9-18-21(28)22(31)15(3)24(25(18)37-28)36-26(32)19-7-6-10-29-19;2*1-10-8-11(2)23-14(9-16(28-5)22(27)29-20(10)13(4)25)6-7-15-17(23)19(26)12(3)18(24)21(15)30-23/h6-11,13,15-18,20-25,29-31H,12H2,1-5H3;2*6-8,10,12-21,25-26H,9,24H2,1-5H3/b14-11+;2*11-8+/t13-,15-,16-,17-,18-,20+,21+,22-,23+,24-,25-,28+;2*10-,12+,13-,14-,15-,16+,17+,18+,19-,20+,21-,23+/m111/s1. The van der Waals surface area contributed by atoms with E-state index in [-0.39, 0.29) is 119 Å². The number of carbonyl (C=O) groups excluding carboxylic acids is 4. The second kappa shape index (κ2) is 28.1. The third-order valence-electron chi connectivity index (χ3n) is 25.0. The number of rotatable bonds is 8. The minimum atomic E-state index is -0.933. The average molecular weight is 1360 g/mol. The fourth-order valence-electron chi connectivity index (χ4n) is 20.0. The van der Waals surface area contributed by atoms with Crippen LogP contribution in [0, 0.1) is 88.8 Å². The first kappa shape index (κ1) is 73.3. The Morgan fingerprint density at radius 2 is 0.845 bits per heavy atom. The Kier molecular flexibility index (Phi) is 21.2. The molecule has 23 heteroatoms. The van der Waals surface area contributed by atoms with Crippen molar-refractivity contribution >= 4 is 23.9 Å². The molecule has 0 unspecified atom stereocenters. The summed E-state index contributed by atoms with van der Waals surface area (Å²) in [5.74, 6) is -4.67. The molecule has 6 fully saturated rings. The van der Waals surface area contributed by atoms with Gasteiger partial charge in [0.2, 0.25) is 0 Å². The number of aromatic amines is 1. The van der Waals surface area contributed by atoms with Gasteiger partial charge in [-0.3, -0.25) is 0 Å². The number of H-pyrrole nitrogens is 1. The summed E-state index contributed by atoms with van der Waals surface area (Å²) in [5, 5.41) is 65.2. The van der Waals surface area contributed by atoms with Crippen LogP contribution in [0.4, 0.5) is 0 Å². The monoisotopic (exact) mass is 1360 g/mol. The van der Waals surface area contributed by atoms with Crippen molar-refractivity contribution in [1.82, 2.24) is 4.98 Å². The molecule has 3 spiro atoms. The van der Waals surface area contributed by atoms with Crippen molar-refractivity contribution in [2.45, 2.75) is 229 Å². The summed E-state index contributed by atoms with van der Waals surface area (Å²) in [6.07, 6.45) is 10.5.